The van der Waals surface area contributed by atoms with Gasteiger partial charge in [-0.05, 0) is 19.3 Å². The maximum Gasteiger partial charge on any atom is 0.0943 e. The second-order valence-electron chi connectivity index (χ2n) is 4.12. The van der Waals surface area contributed by atoms with Crippen LogP contribution >= 0.6 is 0 Å². The molecule has 0 unspecified atom stereocenters. The SMILES string of the molecule is CC/C=C(\C#N)CCCCCCCCC. The highest BCUT2D eigenvalue weighted by molar-refractivity contribution is 5.19. The van der Waals surface area contributed by atoms with Gasteiger partial charge < -0.3 is 0 Å². The van der Waals surface area contributed by atoms with Crippen LogP contribution in [0.3, 0.4) is 0 Å². The minimum Gasteiger partial charge on any atom is -0.193 e. The van der Waals surface area contributed by atoms with Crippen molar-refractivity contribution in [2.45, 2.75) is 71.6 Å². The molecule has 0 saturated carbocycles. The van der Waals surface area contributed by atoms with Crippen LogP contribution in [0.4, 0.5) is 0 Å². The Kier molecular flexibility index (Phi) is 10.7. The number of unbranched alkanes of at least 4 members (excludes halogenated alkanes) is 6. The Balaban J connectivity index is 3.30. The summed E-state index contributed by atoms with van der Waals surface area (Å²) in [5.41, 5.74) is 0.978. The maximum absolute atomic E-state index is 8.81. The molecular weight excluding hydrogens is 182 g/mol. The van der Waals surface area contributed by atoms with E-state index in [-0.39, 0.29) is 0 Å². The number of nitriles is 1. The van der Waals surface area contributed by atoms with Crippen molar-refractivity contribution in [2.24, 2.45) is 0 Å². The Morgan fingerprint density at radius 3 is 2.13 bits per heavy atom. The quantitative estimate of drug-likeness (QED) is 0.386. The molecule has 0 aliphatic rings. The molecule has 0 heterocycles. The third-order valence-corrected chi connectivity index (χ3v) is 2.64. The highest BCUT2D eigenvalue weighted by atomic mass is 14.2. The fourth-order valence-electron chi connectivity index (χ4n) is 1.72. The van der Waals surface area contributed by atoms with Crippen LogP contribution in [0.15, 0.2) is 11.6 Å². The number of allylic oxidation sites excluding steroid dienone is 2. The summed E-state index contributed by atoms with van der Waals surface area (Å²) in [4.78, 5) is 0. The molecule has 15 heavy (non-hydrogen) atoms. The van der Waals surface area contributed by atoms with E-state index in [1.54, 1.807) is 0 Å². The van der Waals surface area contributed by atoms with Gasteiger partial charge in [0.1, 0.15) is 0 Å². The van der Waals surface area contributed by atoms with Gasteiger partial charge in [0.05, 0.1) is 6.07 Å². The summed E-state index contributed by atoms with van der Waals surface area (Å²) in [6.07, 6.45) is 13.3. The van der Waals surface area contributed by atoms with Crippen LogP contribution in [0.1, 0.15) is 71.6 Å². The molecule has 0 aromatic heterocycles. The van der Waals surface area contributed by atoms with Gasteiger partial charge in [-0.15, -0.1) is 0 Å². The van der Waals surface area contributed by atoms with Crippen molar-refractivity contribution in [1.29, 1.82) is 5.26 Å². The monoisotopic (exact) mass is 207 g/mol. The smallest absolute Gasteiger partial charge is 0.0943 e. The van der Waals surface area contributed by atoms with E-state index in [4.69, 9.17) is 5.26 Å². The van der Waals surface area contributed by atoms with Crippen molar-refractivity contribution in [3.8, 4) is 6.07 Å². The van der Waals surface area contributed by atoms with E-state index in [2.05, 4.69) is 26.0 Å². The zero-order valence-corrected chi connectivity index (χ0v) is 10.4. The van der Waals surface area contributed by atoms with Crippen LogP contribution in [-0.4, -0.2) is 0 Å². The Labute approximate surface area is 95.2 Å². The van der Waals surface area contributed by atoms with Gasteiger partial charge in [0.15, 0.2) is 0 Å². The third kappa shape index (κ3) is 9.53. The molecule has 1 nitrogen and oxygen atoms in total. The van der Waals surface area contributed by atoms with Crippen LogP contribution in [0.5, 0.6) is 0 Å². The van der Waals surface area contributed by atoms with Crippen LogP contribution < -0.4 is 0 Å². The molecule has 86 valence electrons. The van der Waals surface area contributed by atoms with Crippen molar-refractivity contribution < 1.29 is 0 Å². The van der Waals surface area contributed by atoms with E-state index in [0.717, 1.165) is 18.4 Å². The van der Waals surface area contributed by atoms with Crippen LogP contribution in [-0.2, 0) is 0 Å². The third-order valence-electron chi connectivity index (χ3n) is 2.64. The predicted molar refractivity (Wildman–Crippen MR) is 66.6 cm³/mol. The number of rotatable bonds is 9. The normalized spacial score (nSPS) is 11.4. The number of nitrogens with zero attached hydrogens (tertiary/aromatic N) is 1. The molecule has 0 fully saturated rings. The summed E-state index contributed by atoms with van der Waals surface area (Å²) in [6, 6.07) is 2.28. The molecule has 0 saturated heterocycles. The molecule has 0 aliphatic heterocycles. The molecule has 0 atom stereocenters. The average molecular weight is 207 g/mol. The van der Waals surface area contributed by atoms with Gasteiger partial charge in [-0.25, -0.2) is 0 Å². The lowest BCUT2D eigenvalue weighted by Crippen LogP contribution is -1.83. The number of hydrogen-bond donors (Lipinski definition) is 0. The first-order chi connectivity index (χ1) is 7.35. The average Bonchev–Trinajstić information content (AvgIpc) is 2.26. The van der Waals surface area contributed by atoms with Gasteiger partial charge in [0, 0.05) is 5.57 Å². The summed E-state index contributed by atoms with van der Waals surface area (Å²) in [5, 5.41) is 8.81. The highest BCUT2D eigenvalue weighted by Gasteiger charge is 1.95. The van der Waals surface area contributed by atoms with E-state index < -0.39 is 0 Å². The topological polar surface area (TPSA) is 23.8 Å². The molecule has 0 aromatic carbocycles. The zero-order valence-electron chi connectivity index (χ0n) is 10.4. The highest BCUT2D eigenvalue weighted by Crippen LogP contribution is 2.12. The van der Waals surface area contributed by atoms with Gasteiger partial charge in [0.25, 0.3) is 0 Å². The predicted octanol–water partition coefficient (Wildman–Crippen LogP) is 4.99. The van der Waals surface area contributed by atoms with E-state index in [1.165, 1.54) is 44.9 Å². The first-order valence-corrected chi connectivity index (χ1v) is 6.44. The van der Waals surface area contributed by atoms with Gasteiger partial charge >= 0.3 is 0 Å². The largest absolute Gasteiger partial charge is 0.193 e. The van der Waals surface area contributed by atoms with Gasteiger partial charge in [-0.1, -0.05) is 58.4 Å². The minimum atomic E-state index is 0.978. The zero-order chi connectivity index (χ0) is 11.4. The second kappa shape index (κ2) is 11.3. The van der Waals surface area contributed by atoms with Gasteiger partial charge in [-0.3, -0.25) is 0 Å². The Hall–Kier alpha value is -0.770. The van der Waals surface area contributed by atoms with E-state index >= 15 is 0 Å². The summed E-state index contributed by atoms with van der Waals surface area (Å²) in [5.74, 6) is 0. The minimum absolute atomic E-state index is 0.978. The first kappa shape index (κ1) is 14.2. The lowest BCUT2D eigenvalue weighted by molar-refractivity contribution is 0.590. The van der Waals surface area contributed by atoms with Crippen molar-refractivity contribution >= 4 is 0 Å². The van der Waals surface area contributed by atoms with Crippen LogP contribution in [0, 0.1) is 11.3 Å². The lowest BCUT2D eigenvalue weighted by atomic mass is 10.0. The number of hydrogen-bond acceptors (Lipinski definition) is 1. The van der Waals surface area contributed by atoms with Gasteiger partial charge in [0.2, 0.25) is 0 Å². The summed E-state index contributed by atoms with van der Waals surface area (Å²) in [7, 11) is 0. The fourth-order valence-corrected chi connectivity index (χ4v) is 1.72. The van der Waals surface area contributed by atoms with Crippen molar-refractivity contribution in [1.82, 2.24) is 0 Å². The Morgan fingerprint density at radius 1 is 1.00 bits per heavy atom. The van der Waals surface area contributed by atoms with Crippen molar-refractivity contribution in [3.63, 3.8) is 0 Å². The molecule has 0 N–H and O–H groups in total. The molecule has 0 aliphatic carbocycles. The maximum atomic E-state index is 8.81. The van der Waals surface area contributed by atoms with Crippen molar-refractivity contribution in [2.75, 3.05) is 0 Å². The van der Waals surface area contributed by atoms with Gasteiger partial charge in [-0.2, -0.15) is 5.26 Å². The summed E-state index contributed by atoms with van der Waals surface area (Å²) < 4.78 is 0. The molecule has 0 radical (unpaired) electrons. The summed E-state index contributed by atoms with van der Waals surface area (Å²) in [6.45, 7) is 4.33. The first-order valence-electron chi connectivity index (χ1n) is 6.44. The van der Waals surface area contributed by atoms with Crippen molar-refractivity contribution in [3.05, 3.63) is 11.6 Å². The standard InChI is InChI=1S/C14H25N/c1-3-5-6-7-8-9-10-12-14(13-15)11-4-2/h11H,3-10,12H2,1-2H3/b14-11-. The van der Waals surface area contributed by atoms with Crippen LogP contribution in [0.25, 0.3) is 0 Å². The Bertz CT molecular complexity index is 198. The molecule has 0 bridgehead atoms. The molecule has 0 aromatic rings. The molecule has 1 heteroatoms. The lowest BCUT2D eigenvalue weighted by Gasteiger charge is -2.00. The Morgan fingerprint density at radius 2 is 1.60 bits per heavy atom. The fraction of sp³-hybridized carbons (Fsp3) is 0.786. The second-order valence-corrected chi connectivity index (χ2v) is 4.12. The van der Waals surface area contributed by atoms with E-state index in [0.29, 0.717) is 0 Å². The van der Waals surface area contributed by atoms with Crippen LogP contribution in [0.2, 0.25) is 0 Å². The van der Waals surface area contributed by atoms with E-state index in [9.17, 15) is 0 Å². The molecule has 0 rings (SSSR count). The molecular formula is C14H25N. The van der Waals surface area contributed by atoms with E-state index in [1.807, 2.05) is 0 Å². The molecule has 0 spiro atoms. The molecule has 0 amide bonds. The summed E-state index contributed by atoms with van der Waals surface area (Å²) >= 11 is 0.